The Morgan fingerprint density at radius 2 is 2.03 bits per heavy atom. The molecule has 0 aliphatic carbocycles. The van der Waals surface area contributed by atoms with E-state index >= 15 is 0 Å². The first-order chi connectivity index (χ1) is 14.9. The number of amides is 1. The number of nitrogen functional groups attached to an aromatic ring is 1. The zero-order valence-electron chi connectivity index (χ0n) is 16.7. The molecule has 0 unspecified atom stereocenters. The van der Waals surface area contributed by atoms with E-state index in [-0.39, 0.29) is 48.4 Å². The Hall–Kier alpha value is -4.19. The molecule has 0 aliphatic rings. The van der Waals surface area contributed by atoms with Crippen LogP contribution in [0.5, 0.6) is 0 Å². The normalized spacial score (nSPS) is 10.9. The van der Waals surface area contributed by atoms with Crippen LogP contribution in [0.15, 0.2) is 53.1 Å². The molecule has 0 bridgehead atoms. The third-order valence-electron chi connectivity index (χ3n) is 5.03. The minimum atomic E-state index is -0.563. The van der Waals surface area contributed by atoms with Gasteiger partial charge in [0.15, 0.2) is 0 Å². The van der Waals surface area contributed by atoms with Gasteiger partial charge < -0.3 is 19.6 Å². The number of aromatic nitrogens is 3. The van der Waals surface area contributed by atoms with Crippen LogP contribution in [0.2, 0.25) is 0 Å². The molecule has 156 valence electrons. The van der Waals surface area contributed by atoms with Crippen LogP contribution < -0.4 is 5.73 Å². The summed E-state index contributed by atoms with van der Waals surface area (Å²) in [6.07, 6.45) is 2.02. The van der Waals surface area contributed by atoms with E-state index < -0.39 is 5.82 Å². The largest absolute Gasteiger partial charge is 0.406 e. The smallest absolute Gasteiger partial charge is 0.312 e. The van der Waals surface area contributed by atoms with E-state index in [0.29, 0.717) is 0 Å². The number of nitrogens with zero attached hydrogens (tertiary/aromatic N) is 5. The summed E-state index contributed by atoms with van der Waals surface area (Å²) < 4.78 is 21.7. The van der Waals surface area contributed by atoms with E-state index in [1.165, 1.54) is 17.0 Å². The predicted octanol–water partition coefficient (Wildman–Crippen LogP) is 2.93. The van der Waals surface area contributed by atoms with E-state index in [4.69, 9.17) is 15.4 Å². The maximum atomic E-state index is 14.5. The number of nitrogens with two attached hydrogens (primary N) is 1. The van der Waals surface area contributed by atoms with Gasteiger partial charge in [-0.25, -0.2) is 4.39 Å². The van der Waals surface area contributed by atoms with Crippen LogP contribution in [0, 0.1) is 17.1 Å². The summed E-state index contributed by atoms with van der Waals surface area (Å²) in [7, 11) is 1.92. The number of rotatable bonds is 6. The summed E-state index contributed by atoms with van der Waals surface area (Å²) in [5.41, 5.74) is 7.85. The number of halogens is 1. The van der Waals surface area contributed by atoms with Crippen molar-refractivity contribution < 1.29 is 13.6 Å². The average molecular weight is 418 g/mol. The molecule has 9 heteroatoms. The van der Waals surface area contributed by atoms with E-state index in [2.05, 4.69) is 10.2 Å². The summed E-state index contributed by atoms with van der Waals surface area (Å²) >= 11 is 0. The topological polar surface area (TPSA) is 114 Å². The molecule has 0 fully saturated rings. The van der Waals surface area contributed by atoms with Gasteiger partial charge in [-0.15, -0.1) is 5.10 Å². The number of nitriles is 1. The summed E-state index contributed by atoms with van der Waals surface area (Å²) in [5.74, 6) is -0.651. The molecule has 0 spiro atoms. The number of para-hydroxylation sites is 1. The highest BCUT2D eigenvalue weighted by atomic mass is 19.1. The Morgan fingerprint density at radius 1 is 1.23 bits per heavy atom. The second-order valence-electron chi connectivity index (χ2n) is 7.16. The number of fused-ring (bicyclic) bond motifs is 1. The van der Waals surface area contributed by atoms with Gasteiger partial charge in [-0.3, -0.25) is 4.79 Å². The quantitative estimate of drug-likeness (QED) is 0.515. The molecular weight excluding hydrogens is 399 g/mol. The molecule has 2 aromatic heterocycles. The first-order valence-electron chi connectivity index (χ1n) is 9.51. The molecule has 31 heavy (non-hydrogen) atoms. The van der Waals surface area contributed by atoms with Crippen LogP contribution in [-0.4, -0.2) is 25.6 Å². The fraction of sp³-hybridized carbons (Fsp3) is 0.182. The van der Waals surface area contributed by atoms with Crippen molar-refractivity contribution >= 4 is 22.8 Å². The van der Waals surface area contributed by atoms with Crippen LogP contribution in [0.4, 0.5) is 10.4 Å². The van der Waals surface area contributed by atoms with Crippen molar-refractivity contribution in [3.63, 3.8) is 0 Å². The lowest BCUT2D eigenvalue weighted by Gasteiger charge is -2.21. The lowest BCUT2D eigenvalue weighted by molar-refractivity contribution is -0.132. The highest BCUT2D eigenvalue weighted by Crippen LogP contribution is 2.22. The number of hydrogen-bond donors (Lipinski definition) is 1. The second-order valence-corrected chi connectivity index (χ2v) is 7.16. The van der Waals surface area contributed by atoms with Crippen LogP contribution in [0.1, 0.15) is 22.6 Å². The molecule has 2 N–H and O–H groups in total. The van der Waals surface area contributed by atoms with Crippen molar-refractivity contribution in [2.45, 2.75) is 19.5 Å². The van der Waals surface area contributed by atoms with Crippen molar-refractivity contribution in [1.82, 2.24) is 19.7 Å². The minimum Gasteiger partial charge on any atom is -0.406 e. The Labute approximate surface area is 177 Å². The van der Waals surface area contributed by atoms with Crippen LogP contribution in [0.25, 0.3) is 10.9 Å². The van der Waals surface area contributed by atoms with Crippen LogP contribution in [-0.2, 0) is 31.4 Å². The Bertz CT molecular complexity index is 1300. The lowest BCUT2D eigenvalue weighted by Crippen LogP contribution is -2.32. The summed E-state index contributed by atoms with van der Waals surface area (Å²) in [4.78, 5) is 14.7. The summed E-state index contributed by atoms with van der Waals surface area (Å²) in [5, 5.41) is 17.4. The molecule has 0 aliphatic heterocycles. The molecule has 8 nitrogen and oxygen atoms in total. The van der Waals surface area contributed by atoms with E-state index in [9.17, 15) is 9.18 Å². The summed E-state index contributed by atoms with van der Waals surface area (Å²) in [6, 6.07) is 13.7. The number of carbonyl (C=O) groups excluding carboxylic acids is 1. The monoisotopic (exact) mass is 418 g/mol. The average Bonchev–Trinajstić information content (AvgIpc) is 3.31. The molecule has 0 saturated carbocycles. The third kappa shape index (κ3) is 4.23. The highest BCUT2D eigenvalue weighted by Gasteiger charge is 2.21. The standard InChI is InChI=1S/C22H19FN6O2/c1-28-11-16(17-4-2-3-5-19(17)28)9-21(30)29(13-20-26-27-22(25)31-20)12-15-7-6-14(10-24)8-18(15)23/h2-8,11H,9,12-13H2,1H3,(H2,25,27). The molecule has 0 saturated heterocycles. The van der Waals surface area contributed by atoms with Gasteiger partial charge in [0.25, 0.3) is 0 Å². The van der Waals surface area contributed by atoms with Crippen molar-refractivity contribution in [2.75, 3.05) is 5.73 Å². The van der Waals surface area contributed by atoms with Gasteiger partial charge in [0.2, 0.25) is 11.8 Å². The first kappa shape index (κ1) is 20.1. The lowest BCUT2D eigenvalue weighted by atomic mass is 10.1. The van der Waals surface area contributed by atoms with E-state index in [0.717, 1.165) is 22.5 Å². The van der Waals surface area contributed by atoms with E-state index in [1.807, 2.05) is 48.1 Å². The zero-order valence-corrected chi connectivity index (χ0v) is 16.7. The molecule has 4 rings (SSSR count). The van der Waals surface area contributed by atoms with Crippen molar-refractivity contribution in [1.29, 1.82) is 5.26 Å². The molecule has 0 radical (unpaired) electrons. The fourth-order valence-corrected chi connectivity index (χ4v) is 3.52. The Kier molecular flexibility index (Phi) is 5.37. The summed E-state index contributed by atoms with van der Waals surface area (Å²) in [6.45, 7) is -0.0450. The molecule has 2 aromatic carbocycles. The molecule has 1 amide bonds. The predicted molar refractivity (Wildman–Crippen MR) is 111 cm³/mol. The van der Waals surface area contributed by atoms with Gasteiger partial charge in [-0.05, 0) is 23.8 Å². The highest BCUT2D eigenvalue weighted by molar-refractivity contribution is 5.89. The number of anilines is 1. The van der Waals surface area contributed by atoms with Gasteiger partial charge in [-0.2, -0.15) is 5.26 Å². The minimum absolute atomic E-state index is 0.0206. The number of benzene rings is 2. The van der Waals surface area contributed by atoms with Crippen molar-refractivity contribution in [3.05, 3.63) is 77.1 Å². The number of hydrogen-bond acceptors (Lipinski definition) is 6. The van der Waals surface area contributed by atoms with Gasteiger partial charge in [-0.1, -0.05) is 29.4 Å². The maximum Gasteiger partial charge on any atom is 0.312 e. The molecule has 4 aromatic rings. The van der Waals surface area contributed by atoms with Gasteiger partial charge in [0.1, 0.15) is 5.82 Å². The number of aryl methyl sites for hydroxylation is 1. The van der Waals surface area contributed by atoms with E-state index in [1.54, 1.807) is 0 Å². The first-order valence-corrected chi connectivity index (χ1v) is 9.51. The SMILES string of the molecule is Cn1cc(CC(=O)N(Cc2nnc(N)o2)Cc2ccc(C#N)cc2F)c2ccccc21. The molecule has 2 heterocycles. The molecule has 0 atom stereocenters. The van der Waals surface area contributed by atoms with Gasteiger partial charge in [0, 0.05) is 36.3 Å². The maximum absolute atomic E-state index is 14.5. The van der Waals surface area contributed by atoms with Gasteiger partial charge >= 0.3 is 6.01 Å². The van der Waals surface area contributed by atoms with Crippen LogP contribution >= 0.6 is 0 Å². The Balaban J connectivity index is 1.63. The third-order valence-corrected chi connectivity index (χ3v) is 5.03. The Morgan fingerprint density at radius 3 is 2.74 bits per heavy atom. The van der Waals surface area contributed by atoms with Gasteiger partial charge in [0.05, 0.1) is 24.6 Å². The van der Waals surface area contributed by atoms with Crippen molar-refractivity contribution in [2.24, 2.45) is 7.05 Å². The molecular formula is C22H19FN6O2. The fourth-order valence-electron chi connectivity index (χ4n) is 3.52. The zero-order chi connectivity index (χ0) is 22.0. The van der Waals surface area contributed by atoms with Crippen molar-refractivity contribution in [3.8, 4) is 6.07 Å². The number of carbonyl (C=O) groups is 1. The second kappa shape index (κ2) is 8.28. The van der Waals surface area contributed by atoms with Crippen LogP contribution in [0.3, 0.4) is 0 Å².